The van der Waals surface area contributed by atoms with Gasteiger partial charge in [-0.2, -0.15) is 0 Å². The van der Waals surface area contributed by atoms with Gasteiger partial charge in [-0.1, -0.05) is 51.5 Å². The molecule has 1 saturated carbocycles. The van der Waals surface area contributed by atoms with Crippen LogP contribution in [0.1, 0.15) is 63.2 Å². The summed E-state index contributed by atoms with van der Waals surface area (Å²) in [5, 5.41) is 20.3. The number of hydrogen-bond donors (Lipinski definition) is 2. The van der Waals surface area contributed by atoms with Gasteiger partial charge in [0.15, 0.2) is 0 Å². The van der Waals surface area contributed by atoms with Gasteiger partial charge >= 0.3 is 0 Å². The van der Waals surface area contributed by atoms with E-state index in [-0.39, 0.29) is 5.41 Å². The summed E-state index contributed by atoms with van der Waals surface area (Å²) in [4.78, 5) is 0. The molecule has 0 saturated heterocycles. The first-order chi connectivity index (χ1) is 8.39. The van der Waals surface area contributed by atoms with Crippen LogP contribution < -0.4 is 0 Å². The van der Waals surface area contributed by atoms with E-state index in [1.807, 2.05) is 32.9 Å². The second-order valence-corrected chi connectivity index (χ2v) is 6.55. The van der Waals surface area contributed by atoms with Gasteiger partial charge in [0, 0.05) is 0 Å². The van der Waals surface area contributed by atoms with E-state index in [9.17, 15) is 10.2 Å². The maximum absolute atomic E-state index is 10.2. The van der Waals surface area contributed by atoms with Crippen molar-refractivity contribution in [2.75, 3.05) is 0 Å². The summed E-state index contributed by atoms with van der Waals surface area (Å²) in [6, 6.07) is 8.09. The van der Waals surface area contributed by atoms with Crippen LogP contribution in [-0.4, -0.2) is 16.3 Å². The molecule has 0 bridgehead atoms. The van der Waals surface area contributed by atoms with Crippen molar-refractivity contribution in [1.29, 1.82) is 0 Å². The fourth-order valence-electron chi connectivity index (χ4n) is 2.36. The highest BCUT2D eigenvalue weighted by atomic mass is 16.3. The molecule has 0 aromatic heterocycles. The summed E-state index contributed by atoms with van der Waals surface area (Å²) in [6.07, 6.45) is 2.35. The van der Waals surface area contributed by atoms with Crippen LogP contribution in [0.2, 0.25) is 0 Å². The van der Waals surface area contributed by atoms with Crippen LogP contribution in [0.5, 0.6) is 0 Å². The zero-order chi connectivity index (χ0) is 13.3. The average molecular weight is 248 g/mol. The van der Waals surface area contributed by atoms with Crippen molar-refractivity contribution in [3.05, 3.63) is 35.4 Å². The minimum atomic E-state index is -0.805. The first-order valence-electron chi connectivity index (χ1n) is 6.85. The molecule has 1 aliphatic carbocycles. The van der Waals surface area contributed by atoms with E-state index in [4.69, 9.17) is 0 Å². The maximum Gasteiger partial charge on any atom is 0.105 e. The fourth-order valence-corrected chi connectivity index (χ4v) is 2.36. The largest absolute Gasteiger partial charge is 0.390 e. The maximum atomic E-state index is 10.2. The summed E-state index contributed by atoms with van der Waals surface area (Å²) in [5.41, 5.74) is 1.86. The van der Waals surface area contributed by atoms with Crippen LogP contribution >= 0.6 is 0 Å². The Morgan fingerprint density at radius 2 is 1.61 bits per heavy atom. The number of benzene rings is 1. The first kappa shape index (κ1) is 13.6. The predicted octanol–water partition coefficient (Wildman–Crippen LogP) is 3.39. The SMILES string of the molecule is CC(C)(C)C(O)C(O)c1ccc(C2CCC2)cc1. The standard InChI is InChI=1S/C16H24O2/c1-16(2,3)15(18)14(17)13-9-7-12(8-10-13)11-5-4-6-11/h7-11,14-15,17-18H,4-6H2,1-3H3. The Morgan fingerprint density at radius 1 is 1.06 bits per heavy atom. The Morgan fingerprint density at radius 3 is 2.00 bits per heavy atom. The number of rotatable bonds is 3. The van der Waals surface area contributed by atoms with Crippen LogP contribution in [-0.2, 0) is 0 Å². The number of hydrogen-bond acceptors (Lipinski definition) is 2. The Kier molecular flexibility index (Phi) is 3.79. The minimum absolute atomic E-state index is 0.313. The topological polar surface area (TPSA) is 40.5 Å². The third-order valence-electron chi connectivity index (χ3n) is 4.04. The third-order valence-corrected chi connectivity index (χ3v) is 4.04. The lowest BCUT2D eigenvalue weighted by Crippen LogP contribution is -2.32. The summed E-state index contributed by atoms with van der Waals surface area (Å²) in [6.45, 7) is 5.80. The van der Waals surface area contributed by atoms with E-state index in [0.29, 0.717) is 5.92 Å². The quantitative estimate of drug-likeness (QED) is 0.860. The Balaban J connectivity index is 2.08. The van der Waals surface area contributed by atoms with Gasteiger partial charge in [-0.25, -0.2) is 0 Å². The van der Waals surface area contributed by atoms with Gasteiger partial charge in [0.2, 0.25) is 0 Å². The van der Waals surface area contributed by atoms with Gasteiger partial charge < -0.3 is 10.2 Å². The molecule has 1 aromatic rings. The summed E-state index contributed by atoms with van der Waals surface area (Å²) >= 11 is 0. The molecule has 1 aromatic carbocycles. The molecule has 0 amide bonds. The highest BCUT2D eigenvalue weighted by Gasteiger charge is 2.30. The molecule has 2 nitrogen and oxygen atoms in total. The lowest BCUT2D eigenvalue weighted by molar-refractivity contribution is -0.0458. The van der Waals surface area contributed by atoms with Crippen molar-refractivity contribution in [1.82, 2.24) is 0 Å². The molecule has 0 heterocycles. The third kappa shape index (κ3) is 2.76. The van der Waals surface area contributed by atoms with E-state index in [1.54, 1.807) is 0 Å². The molecule has 0 aliphatic heterocycles. The van der Waals surface area contributed by atoms with Gasteiger partial charge in [0.25, 0.3) is 0 Å². The zero-order valence-corrected chi connectivity index (χ0v) is 11.6. The Bertz CT molecular complexity index is 385. The average Bonchev–Trinajstić information content (AvgIpc) is 2.24. The molecule has 1 aliphatic rings. The molecule has 2 unspecified atom stereocenters. The van der Waals surface area contributed by atoms with Crippen molar-refractivity contribution < 1.29 is 10.2 Å². The molecule has 100 valence electrons. The molecule has 0 radical (unpaired) electrons. The second kappa shape index (κ2) is 5.02. The predicted molar refractivity (Wildman–Crippen MR) is 73.5 cm³/mol. The van der Waals surface area contributed by atoms with E-state index in [1.165, 1.54) is 24.8 Å². The van der Waals surface area contributed by atoms with Gasteiger partial charge in [-0.05, 0) is 35.3 Å². The lowest BCUT2D eigenvalue weighted by atomic mass is 9.79. The molecule has 2 atom stereocenters. The Labute approximate surface area is 110 Å². The van der Waals surface area contributed by atoms with Gasteiger partial charge in [-0.3, -0.25) is 0 Å². The smallest absolute Gasteiger partial charge is 0.105 e. The monoisotopic (exact) mass is 248 g/mol. The molecular formula is C16H24O2. The molecular weight excluding hydrogens is 224 g/mol. The second-order valence-electron chi connectivity index (χ2n) is 6.55. The summed E-state index contributed by atoms with van der Waals surface area (Å²) in [7, 11) is 0. The Hall–Kier alpha value is -0.860. The highest BCUT2D eigenvalue weighted by molar-refractivity contribution is 5.28. The molecule has 2 rings (SSSR count). The van der Waals surface area contributed by atoms with Crippen LogP contribution in [0.3, 0.4) is 0 Å². The zero-order valence-electron chi connectivity index (χ0n) is 11.6. The molecule has 1 fully saturated rings. The van der Waals surface area contributed by atoms with E-state index < -0.39 is 12.2 Å². The van der Waals surface area contributed by atoms with Crippen molar-refractivity contribution in [2.24, 2.45) is 5.41 Å². The van der Waals surface area contributed by atoms with Crippen molar-refractivity contribution >= 4 is 0 Å². The highest BCUT2D eigenvalue weighted by Crippen LogP contribution is 2.37. The first-order valence-corrected chi connectivity index (χ1v) is 6.85. The van der Waals surface area contributed by atoms with Gasteiger partial charge in [0.1, 0.15) is 6.10 Å². The van der Waals surface area contributed by atoms with Crippen LogP contribution in [0.25, 0.3) is 0 Å². The van der Waals surface area contributed by atoms with E-state index >= 15 is 0 Å². The molecule has 2 N–H and O–H groups in total. The fraction of sp³-hybridized carbons (Fsp3) is 0.625. The summed E-state index contributed by atoms with van der Waals surface area (Å²) < 4.78 is 0. The van der Waals surface area contributed by atoms with Crippen molar-refractivity contribution in [2.45, 2.75) is 58.2 Å². The van der Waals surface area contributed by atoms with Crippen LogP contribution in [0.15, 0.2) is 24.3 Å². The number of aliphatic hydroxyl groups excluding tert-OH is 2. The van der Waals surface area contributed by atoms with Crippen LogP contribution in [0.4, 0.5) is 0 Å². The number of aliphatic hydroxyl groups is 2. The lowest BCUT2D eigenvalue weighted by Gasteiger charge is -2.30. The van der Waals surface area contributed by atoms with Crippen LogP contribution in [0, 0.1) is 5.41 Å². The molecule has 18 heavy (non-hydrogen) atoms. The van der Waals surface area contributed by atoms with Crippen molar-refractivity contribution in [3.8, 4) is 0 Å². The van der Waals surface area contributed by atoms with Gasteiger partial charge in [0.05, 0.1) is 6.10 Å². The van der Waals surface area contributed by atoms with Gasteiger partial charge in [-0.15, -0.1) is 0 Å². The summed E-state index contributed by atoms with van der Waals surface area (Å²) in [5.74, 6) is 0.712. The minimum Gasteiger partial charge on any atom is -0.390 e. The van der Waals surface area contributed by atoms with Crippen molar-refractivity contribution in [3.63, 3.8) is 0 Å². The van der Waals surface area contributed by atoms with E-state index in [0.717, 1.165) is 5.56 Å². The molecule has 0 spiro atoms. The normalized spacial score (nSPS) is 20.3. The van der Waals surface area contributed by atoms with E-state index in [2.05, 4.69) is 12.1 Å². The molecule has 2 heteroatoms.